The fourth-order valence-electron chi connectivity index (χ4n) is 0.942. The topological polar surface area (TPSA) is 40.2 Å². The van der Waals surface area contributed by atoms with E-state index < -0.39 is 0 Å². The third-order valence-corrected chi connectivity index (χ3v) is 1.61. The molecule has 0 aliphatic rings. The predicted molar refractivity (Wildman–Crippen MR) is 45.5 cm³/mol. The van der Waals surface area contributed by atoms with E-state index in [4.69, 9.17) is 5.39 Å². The van der Waals surface area contributed by atoms with Gasteiger partial charge in [0.25, 0.3) is 0 Å². The maximum atomic E-state index is 8.45. The Balaban J connectivity index is -0.000000403. The molecule has 0 radical (unpaired) electrons. The molecule has 0 aromatic heterocycles. The van der Waals surface area contributed by atoms with Gasteiger partial charge in [-0.2, -0.15) is 0 Å². The van der Waals surface area contributed by atoms with Crippen molar-refractivity contribution in [2.45, 2.75) is 6.92 Å². The van der Waals surface area contributed by atoms with Crippen molar-refractivity contribution in [2.24, 2.45) is 0 Å². The molecule has 14 heavy (non-hydrogen) atoms. The average Bonchev–Trinajstić information content (AvgIpc) is 2.05. The van der Waals surface area contributed by atoms with E-state index in [1.54, 1.807) is 12.1 Å². The first-order valence-corrected chi connectivity index (χ1v) is 3.41. The molecule has 0 unspecified atom stereocenters. The van der Waals surface area contributed by atoms with Crippen molar-refractivity contribution in [1.82, 2.24) is 0 Å². The Kier molecular flexibility index (Phi) is 12.7. The molecule has 0 amide bonds. The molecule has 0 saturated carbocycles. The quantitative estimate of drug-likeness (QED) is 0.430. The Labute approximate surface area is 109 Å². The maximum absolute atomic E-state index is 8.45. The SMILES string of the molecule is CNc1cc([N+]#N)ccc1C.[Cl-].[Cl-].[Zn]. The second-order valence-electron chi connectivity index (χ2n) is 2.35. The number of hydrogen-bond acceptors (Lipinski definition) is 2. The van der Waals surface area contributed by atoms with Crippen molar-refractivity contribution in [3.05, 3.63) is 28.7 Å². The minimum absolute atomic E-state index is 0. The molecule has 6 heteroatoms. The van der Waals surface area contributed by atoms with Gasteiger partial charge >= 0.3 is 5.69 Å². The van der Waals surface area contributed by atoms with Crippen molar-refractivity contribution in [3.63, 3.8) is 0 Å². The van der Waals surface area contributed by atoms with Gasteiger partial charge in [-0.05, 0) is 18.6 Å². The van der Waals surface area contributed by atoms with Gasteiger partial charge in [0.2, 0.25) is 5.39 Å². The summed E-state index contributed by atoms with van der Waals surface area (Å²) in [7, 11) is 1.84. The number of aryl methyl sites for hydroxylation is 1. The zero-order valence-corrected chi connectivity index (χ0v) is 12.6. The van der Waals surface area contributed by atoms with E-state index in [2.05, 4.69) is 10.3 Å². The van der Waals surface area contributed by atoms with Crippen molar-refractivity contribution in [3.8, 4) is 0 Å². The minimum atomic E-state index is 0. The van der Waals surface area contributed by atoms with Crippen molar-refractivity contribution >= 4 is 11.4 Å². The van der Waals surface area contributed by atoms with Crippen LogP contribution in [-0.4, -0.2) is 7.05 Å². The first-order valence-electron chi connectivity index (χ1n) is 3.41. The summed E-state index contributed by atoms with van der Waals surface area (Å²) in [5, 5.41) is 11.4. The van der Waals surface area contributed by atoms with E-state index >= 15 is 0 Å². The molecule has 0 atom stereocenters. The monoisotopic (exact) mass is 282 g/mol. The first kappa shape index (κ1) is 19.3. The summed E-state index contributed by atoms with van der Waals surface area (Å²) in [4.78, 5) is 3.08. The van der Waals surface area contributed by atoms with Gasteiger partial charge in [-0.1, -0.05) is 0 Å². The molecular formula is C8H10Cl2N3Zn-. The molecule has 1 N–H and O–H groups in total. The van der Waals surface area contributed by atoms with Crippen LogP contribution >= 0.6 is 0 Å². The molecule has 0 aliphatic carbocycles. The molecule has 0 fully saturated rings. The van der Waals surface area contributed by atoms with Crippen LogP contribution in [0.2, 0.25) is 0 Å². The van der Waals surface area contributed by atoms with Gasteiger partial charge in [-0.25, -0.2) is 0 Å². The number of anilines is 1. The Morgan fingerprint density at radius 3 is 2.29 bits per heavy atom. The zero-order chi connectivity index (χ0) is 8.27. The molecule has 0 heterocycles. The van der Waals surface area contributed by atoms with Crippen LogP contribution in [-0.2, 0) is 19.5 Å². The summed E-state index contributed by atoms with van der Waals surface area (Å²) in [6, 6.07) is 5.45. The molecule has 1 aromatic carbocycles. The third-order valence-electron chi connectivity index (χ3n) is 1.61. The van der Waals surface area contributed by atoms with Crippen molar-refractivity contribution in [1.29, 1.82) is 5.39 Å². The van der Waals surface area contributed by atoms with Gasteiger partial charge in [0.05, 0.1) is 6.07 Å². The second-order valence-corrected chi connectivity index (χ2v) is 2.35. The molecular weight excluding hydrogens is 274 g/mol. The standard InChI is InChI=1S/C8H10N3.2ClH.Zn/c1-6-3-4-7(11-9)5-8(6)10-2;;;/h3-5,10H,1-2H3;2*1H;/q+1;;;/p-2. The van der Waals surface area contributed by atoms with E-state index in [0.29, 0.717) is 5.69 Å². The summed E-state index contributed by atoms with van der Waals surface area (Å²) in [6.07, 6.45) is 0. The van der Waals surface area contributed by atoms with Crippen LogP contribution in [0.1, 0.15) is 5.56 Å². The van der Waals surface area contributed by atoms with E-state index in [1.807, 2.05) is 20.0 Å². The Bertz CT molecular complexity index is 312. The fraction of sp³-hybridized carbons (Fsp3) is 0.250. The number of nitrogens with zero attached hydrogens (tertiary/aromatic N) is 2. The fourth-order valence-corrected chi connectivity index (χ4v) is 0.942. The zero-order valence-electron chi connectivity index (χ0n) is 8.09. The Hall–Kier alpha value is -0.357. The summed E-state index contributed by atoms with van der Waals surface area (Å²) >= 11 is 0. The van der Waals surface area contributed by atoms with Crippen LogP contribution in [0.25, 0.3) is 4.98 Å². The largest absolute Gasteiger partial charge is 1.00 e. The molecule has 0 saturated heterocycles. The summed E-state index contributed by atoms with van der Waals surface area (Å²) in [5.74, 6) is 0. The number of rotatable bonds is 1. The van der Waals surface area contributed by atoms with Crippen LogP contribution in [0, 0.1) is 12.3 Å². The smallest absolute Gasteiger partial charge is 0.387 e. The number of nitrogens with one attached hydrogen (secondary N) is 1. The molecule has 1 aromatic rings. The van der Waals surface area contributed by atoms with Gasteiger partial charge in [0.1, 0.15) is 0 Å². The van der Waals surface area contributed by atoms with E-state index in [-0.39, 0.29) is 44.3 Å². The molecule has 3 nitrogen and oxygen atoms in total. The van der Waals surface area contributed by atoms with E-state index in [1.165, 1.54) is 0 Å². The third kappa shape index (κ3) is 4.76. The van der Waals surface area contributed by atoms with E-state index in [9.17, 15) is 0 Å². The summed E-state index contributed by atoms with van der Waals surface area (Å²) in [5.41, 5.74) is 2.69. The molecule has 0 spiro atoms. The molecule has 74 valence electrons. The predicted octanol–water partition coefficient (Wildman–Crippen LogP) is -3.47. The van der Waals surface area contributed by atoms with Crippen LogP contribution in [0.5, 0.6) is 0 Å². The molecule has 1 rings (SSSR count). The van der Waals surface area contributed by atoms with E-state index in [0.717, 1.165) is 11.3 Å². The van der Waals surface area contributed by atoms with Crippen molar-refractivity contribution < 1.29 is 44.3 Å². The first-order chi connectivity index (χ1) is 5.27. The van der Waals surface area contributed by atoms with Crippen molar-refractivity contribution in [2.75, 3.05) is 12.4 Å². The normalized spacial score (nSPS) is 6.93. The van der Waals surface area contributed by atoms with Crippen LogP contribution in [0.4, 0.5) is 11.4 Å². The van der Waals surface area contributed by atoms with Gasteiger partial charge in [0.15, 0.2) is 4.98 Å². The molecule has 0 aliphatic heterocycles. The Morgan fingerprint density at radius 1 is 1.29 bits per heavy atom. The van der Waals surface area contributed by atoms with Gasteiger partial charge in [-0.3, -0.25) is 0 Å². The maximum Gasteiger partial charge on any atom is 0.387 e. The average molecular weight is 284 g/mol. The van der Waals surface area contributed by atoms with Gasteiger partial charge in [-0.15, -0.1) is 0 Å². The van der Waals surface area contributed by atoms with Crippen LogP contribution < -0.4 is 30.1 Å². The second kappa shape index (κ2) is 9.21. The van der Waals surface area contributed by atoms with Crippen LogP contribution in [0.3, 0.4) is 0 Å². The number of hydrogen-bond donors (Lipinski definition) is 1. The van der Waals surface area contributed by atoms with Gasteiger partial charge < -0.3 is 30.1 Å². The Morgan fingerprint density at radius 2 is 1.86 bits per heavy atom. The summed E-state index contributed by atoms with van der Waals surface area (Å²) in [6.45, 7) is 1.99. The van der Waals surface area contributed by atoms with Crippen LogP contribution in [0.15, 0.2) is 18.2 Å². The minimum Gasteiger partial charge on any atom is -1.00 e. The number of benzene rings is 1. The number of halogens is 2. The molecule has 0 bridgehead atoms. The van der Waals surface area contributed by atoms with Gasteiger partial charge in [0, 0.05) is 38.3 Å². The number of diazo groups is 1. The summed E-state index contributed by atoms with van der Waals surface area (Å²) < 4.78 is 0.